The van der Waals surface area contributed by atoms with E-state index in [0.29, 0.717) is 0 Å². The summed E-state index contributed by atoms with van der Waals surface area (Å²) in [5, 5.41) is 0. The Morgan fingerprint density at radius 3 is 1.53 bits per heavy atom. The van der Waals surface area contributed by atoms with E-state index in [1.54, 1.807) is 0 Å². The summed E-state index contributed by atoms with van der Waals surface area (Å²) < 4.78 is 5.49. The molecule has 3 nitrogen and oxygen atoms in total. The maximum absolute atomic E-state index is 12.2. The molecule has 0 aromatic carbocycles. The second kappa shape index (κ2) is 4.52. The molecule has 0 amide bonds. The Morgan fingerprint density at radius 1 is 0.882 bits per heavy atom. The van der Waals surface area contributed by atoms with Gasteiger partial charge in [0.05, 0.1) is 12.2 Å². The third-order valence-electron chi connectivity index (χ3n) is 4.01. The second-order valence-electron chi connectivity index (χ2n) is 6.01. The highest BCUT2D eigenvalue weighted by atomic mass is 16.6. The first-order valence-corrected chi connectivity index (χ1v) is 6.64. The van der Waals surface area contributed by atoms with Crippen molar-refractivity contribution in [2.45, 2.75) is 52.7 Å². The average molecular weight is 238 g/mol. The highest BCUT2D eigenvalue weighted by Crippen LogP contribution is 2.44. The molecule has 1 aliphatic carbocycles. The Labute approximate surface area is 103 Å². The van der Waals surface area contributed by atoms with Gasteiger partial charge in [0, 0.05) is 23.7 Å². The number of ketones is 2. The first kappa shape index (κ1) is 12.7. The molecule has 3 heteroatoms. The van der Waals surface area contributed by atoms with Gasteiger partial charge >= 0.3 is 0 Å². The SMILES string of the molecule is CC(C)C(=O)C1CC2OC2CC1C(=O)C(C)C. The number of rotatable bonds is 4. The zero-order valence-corrected chi connectivity index (χ0v) is 11.1. The molecule has 4 unspecified atom stereocenters. The lowest BCUT2D eigenvalue weighted by Gasteiger charge is -2.29. The van der Waals surface area contributed by atoms with Gasteiger partial charge < -0.3 is 4.74 Å². The summed E-state index contributed by atoms with van der Waals surface area (Å²) in [5.41, 5.74) is 0. The van der Waals surface area contributed by atoms with Crippen LogP contribution in [0.5, 0.6) is 0 Å². The molecule has 2 aliphatic rings. The van der Waals surface area contributed by atoms with E-state index in [4.69, 9.17) is 4.74 Å². The van der Waals surface area contributed by atoms with Crippen LogP contribution in [0.2, 0.25) is 0 Å². The van der Waals surface area contributed by atoms with Crippen molar-refractivity contribution in [3.63, 3.8) is 0 Å². The van der Waals surface area contributed by atoms with E-state index in [9.17, 15) is 9.59 Å². The van der Waals surface area contributed by atoms with Crippen LogP contribution in [0.25, 0.3) is 0 Å². The molecule has 0 spiro atoms. The van der Waals surface area contributed by atoms with Crippen LogP contribution in [-0.4, -0.2) is 23.8 Å². The van der Waals surface area contributed by atoms with Crippen molar-refractivity contribution in [1.82, 2.24) is 0 Å². The monoisotopic (exact) mass is 238 g/mol. The van der Waals surface area contributed by atoms with Gasteiger partial charge in [-0.2, -0.15) is 0 Å². The standard InChI is InChI=1S/C14H22O3/c1-7(2)13(15)9-5-11-12(17-11)6-10(9)14(16)8(3)4/h7-12H,5-6H2,1-4H3. The number of carbonyl (C=O) groups is 2. The predicted octanol–water partition coefficient (Wildman–Crippen LogP) is 2.23. The highest BCUT2D eigenvalue weighted by Gasteiger charge is 2.52. The van der Waals surface area contributed by atoms with Crippen LogP contribution < -0.4 is 0 Å². The molecule has 2 rings (SSSR count). The van der Waals surface area contributed by atoms with Crippen molar-refractivity contribution < 1.29 is 14.3 Å². The Kier molecular flexibility index (Phi) is 3.39. The lowest BCUT2D eigenvalue weighted by molar-refractivity contribution is -0.136. The second-order valence-corrected chi connectivity index (χ2v) is 6.01. The van der Waals surface area contributed by atoms with Crippen LogP contribution in [0, 0.1) is 23.7 Å². The maximum Gasteiger partial charge on any atom is 0.139 e. The van der Waals surface area contributed by atoms with Gasteiger partial charge in [-0.3, -0.25) is 9.59 Å². The van der Waals surface area contributed by atoms with Crippen molar-refractivity contribution in [1.29, 1.82) is 0 Å². The molecular formula is C14H22O3. The van der Waals surface area contributed by atoms with Crippen molar-refractivity contribution in [3.05, 3.63) is 0 Å². The van der Waals surface area contributed by atoms with Gasteiger partial charge in [-0.1, -0.05) is 27.7 Å². The molecule has 0 radical (unpaired) electrons. The zero-order chi connectivity index (χ0) is 12.7. The van der Waals surface area contributed by atoms with Crippen LogP contribution in [-0.2, 0) is 14.3 Å². The molecule has 1 heterocycles. The number of Topliss-reactive ketones (excluding diaryl/α,β-unsaturated/α-hetero) is 2. The van der Waals surface area contributed by atoms with E-state index < -0.39 is 0 Å². The Morgan fingerprint density at radius 2 is 1.24 bits per heavy atom. The number of hydrogen-bond donors (Lipinski definition) is 0. The number of epoxide rings is 1. The highest BCUT2D eigenvalue weighted by molar-refractivity contribution is 5.91. The molecule has 1 saturated heterocycles. The molecule has 96 valence electrons. The average Bonchev–Trinajstić information content (AvgIpc) is 3.02. The van der Waals surface area contributed by atoms with Gasteiger partial charge in [0.15, 0.2) is 0 Å². The molecule has 1 aliphatic heterocycles. The van der Waals surface area contributed by atoms with E-state index in [0.717, 1.165) is 12.8 Å². The molecule has 0 aromatic heterocycles. The normalized spacial score (nSPS) is 35.9. The van der Waals surface area contributed by atoms with Crippen molar-refractivity contribution >= 4 is 11.6 Å². The fraction of sp³-hybridized carbons (Fsp3) is 0.857. The summed E-state index contributed by atoms with van der Waals surface area (Å²) in [7, 11) is 0. The van der Waals surface area contributed by atoms with Crippen LogP contribution in [0.15, 0.2) is 0 Å². The van der Waals surface area contributed by atoms with Gasteiger partial charge in [0.1, 0.15) is 11.6 Å². The number of fused-ring (bicyclic) bond motifs is 1. The number of ether oxygens (including phenoxy) is 1. The number of hydrogen-bond acceptors (Lipinski definition) is 3. The van der Waals surface area contributed by atoms with E-state index in [1.165, 1.54) is 0 Å². The summed E-state index contributed by atoms with van der Waals surface area (Å²) in [4.78, 5) is 24.4. The van der Waals surface area contributed by atoms with Gasteiger partial charge in [-0.25, -0.2) is 0 Å². The lowest BCUT2D eigenvalue weighted by atomic mass is 9.71. The lowest BCUT2D eigenvalue weighted by Crippen LogP contribution is -2.39. The van der Waals surface area contributed by atoms with E-state index in [-0.39, 0.29) is 47.4 Å². The van der Waals surface area contributed by atoms with Gasteiger partial charge in [0.25, 0.3) is 0 Å². The molecule has 17 heavy (non-hydrogen) atoms. The molecule has 0 bridgehead atoms. The summed E-state index contributed by atoms with van der Waals surface area (Å²) in [5.74, 6) is 0.286. The first-order chi connectivity index (χ1) is 7.91. The smallest absolute Gasteiger partial charge is 0.139 e. The molecular weight excluding hydrogens is 216 g/mol. The van der Waals surface area contributed by atoms with Crippen molar-refractivity contribution in [2.75, 3.05) is 0 Å². The quantitative estimate of drug-likeness (QED) is 0.706. The Hall–Kier alpha value is -0.700. The predicted molar refractivity (Wildman–Crippen MR) is 64.6 cm³/mol. The third kappa shape index (κ3) is 2.44. The van der Waals surface area contributed by atoms with Crippen LogP contribution >= 0.6 is 0 Å². The minimum absolute atomic E-state index is 0.0118. The molecule has 4 atom stereocenters. The zero-order valence-electron chi connectivity index (χ0n) is 11.1. The summed E-state index contributed by atoms with van der Waals surface area (Å²) in [6.45, 7) is 7.66. The van der Waals surface area contributed by atoms with Gasteiger partial charge in [-0.05, 0) is 12.8 Å². The third-order valence-corrected chi connectivity index (χ3v) is 4.01. The van der Waals surface area contributed by atoms with E-state index >= 15 is 0 Å². The molecule has 0 aromatic rings. The number of carbonyl (C=O) groups excluding carboxylic acids is 2. The summed E-state index contributed by atoms with van der Waals surface area (Å²) >= 11 is 0. The van der Waals surface area contributed by atoms with Crippen LogP contribution in [0.4, 0.5) is 0 Å². The Bertz CT molecular complexity index is 300. The van der Waals surface area contributed by atoms with Gasteiger partial charge in [-0.15, -0.1) is 0 Å². The van der Waals surface area contributed by atoms with Crippen molar-refractivity contribution in [3.8, 4) is 0 Å². The molecule has 2 fully saturated rings. The summed E-state index contributed by atoms with van der Waals surface area (Å²) in [6, 6.07) is 0. The first-order valence-electron chi connectivity index (χ1n) is 6.64. The fourth-order valence-corrected chi connectivity index (χ4v) is 2.91. The fourth-order valence-electron chi connectivity index (χ4n) is 2.91. The van der Waals surface area contributed by atoms with Crippen LogP contribution in [0.1, 0.15) is 40.5 Å². The minimum atomic E-state index is -0.103. The van der Waals surface area contributed by atoms with Crippen molar-refractivity contribution in [2.24, 2.45) is 23.7 Å². The van der Waals surface area contributed by atoms with Gasteiger partial charge in [0.2, 0.25) is 0 Å². The van der Waals surface area contributed by atoms with Crippen LogP contribution in [0.3, 0.4) is 0 Å². The summed E-state index contributed by atoms with van der Waals surface area (Å²) in [6.07, 6.45) is 2.01. The topological polar surface area (TPSA) is 46.7 Å². The molecule has 1 saturated carbocycles. The van der Waals surface area contributed by atoms with E-state index in [2.05, 4.69) is 0 Å². The Balaban J connectivity index is 2.14. The maximum atomic E-state index is 12.2. The minimum Gasteiger partial charge on any atom is -0.370 e. The molecule has 0 N–H and O–H groups in total. The largest absolute Gasteiger partial charge is 0.370 e. The van der Waals surface area contributed by atoms with E-state index in [1.807, 2.05) is 27.7 Å².